The average Bonchev–Trinajstić information content (AvgIpc) is 2.65. The van der Waals surface area contributed by atoms with E-state index in [1.54, 1.807) is 12.1 Å². The number of rotatable bonds is 1. The van der Waals surface area contributed by atoms with Gasteiger partial charge in [-0.25, -0.2) is 0 Å². The number of nitrogens with one attached hydrogen (secondary N) is 1. The Morgan fingerprint density at radius 1 is 1.15 bits per heavy atom. The number of hydrogen-bond acceptors (Lipinski definition) is 3. The number of nitriles is 1. The van der Waals surface area contributed by atoms with Gasteiger partial charge in [-0.15, -0.1) is 0 Å². The van der Waals surface area contributed by atoms with Gasteiger partial charge in [-0.3, -0.25) is 9.79 Å². The third-order valence-corrected chi connectivity index (χ3v) is 3.10. The molecule has 4 heteroatoms. The first-order valence-electron chi connectivity index (χ1n) is 6.22. The van der Waals surface area contributed by atoms with Gasteiger partial charge < -0.3 is 5.32 Å². The Morgan fingerprint density at radius 3 is 2.85 bits per heavy atom. The second-order valence-corrected chi connectivity index (χ2v) is 4.45. The second kappa shape index (κ2) is 4.98. The summed E-state index contributed by atoms with van der Waals surface area (Å²) in [6, 6.07) is 16.9. The molecule has 2 aromatic rings. The van der Waals surface area contributed by atoms with Crippen LogP contribution in [0.1, 0.15) is 16.7 Å². The maximum absolute atomic E-state index is 11.7. The summed E-state index contributed by atoms with van der Waals surface area (Å²) >= 11 is 0. The fourth-order valence-electron chi connectivity index (χ4n) is 2.21. The van der Waals surface area contributed by atoms with Crippen molar-refractivity contribution in [2.75, 3.05) is 11.9 Å². The Labute approximate surface area is 116 Å². The molecule has 0 atom stereocenters. The van der Waals surface area contributed by atoms with Gasteiger partial charge in [-0.05, 0) is 18.2 Å². The third-order valence-electron chi connectivity index (χ3n) is 3.10. The van der Waals surface area contributed by atoms with E-state index < -0.39 is 0 Å². The van der Waals surface area contributed by atoms with Crippen LogP contribution in [0.15, 0.2) is 53.5 Å². The van der Waals surface area contributed by atoms with Crippen LogP contribution >= 0.6 is 0 Å². The van der Waals surface area contributed by atoms with E-state index >= 15 is 0 Å². The average molecular weight is 261 g/mol. The molecule has 1 amide bonds. The van der Waals surface area contributed by atoms with E-state index in [0.29, 0.717) is 5.56 Å². The highest BCUT2D eigenvalue weighted by Crippen LogP contribution is 2.22. The number of amides is 1. The molecule has 1 aliphatic rings. The summed E-state index contributed by atoms with van der Waals surface area (Å²) in [6.07, 6.45) is 0. The standard InChI is InChI=1S/C16H11N3O/c17-9-11-4-3-5-12(8-11)16-13-6-1-2-7-14(13)19-15(20)10-18-16/h1-8H,10H2,(H,19,20). The number of benzodiazepines with no additional fused rings is 1. The van der Waals surface area contributed by atoms with Gasteiger partial charge in [-0.1, -0.05) is 30.3 Å². The molecule has 0 unspecified atom stereocenters. The van der Waals surface area contributed by atoms with Crippen molar-refractivity contribution in [1.29, 1.82) is 5.26 Å². The van der Waals surface area contributed by atoms with Gasteiger partial charge in [0.25, 0.3) is 0 Å². The van der Waals surface area contributed by atoms with E-state index in [0.717, 1.165) is 22.5 Å². The van der Waals surface area contributed by atoms with Crippen LogP contribution in [-0.4, -0.2) is 18.2 Å². The lowest BCUT2D eigenvalue weighted by Crippen LogP contribution is -2.13. The molecular formula is C16H11N3O. The zero-order valence-corrected chi connectivity index (χ0v) is 10.6. The molecule has 0 bridgehead atoms. The van der Waals surface area contributed by atoms with Crippen LogP contribution in [0.4, 0.5) is 5.69 Å². The van der Waals surface area contributed by atoms with Crippen LogP contribution < -0.4 is 5.32 Å². The predicted molar refractivity (Wildman–Crippen MR) is 76.7 cm³/mol. The molecule has 3 rings (SSSR count). The summed E-state index contributed by atoms with van der Waals surface area (Å²) < 4.78 is 0. The van der Waals surface area contributed by atoms with Gasteiger partial charge in [-0.2, -0.15) is 5.26 Å². The topological polar surface area (TPSA) is 65.2 Å². The van der Waals surface area contributed by atoms with Crippen LogP contribution in [-0.2, 0) is 4.79 Å². The SMILES string of the molecule is N#Cc1cccc(C2=NCC(=O)Nc3ccccc32)c1. The molecule has 0 saturated heterocycles. The van der Waals surface area contributed by atoms with E-state index in [9.17, 15) is 4.79 Å². The Hall–Kier alpha value is -2.93. The fraction of sp³-hybridized carbons (Fsp3) is 0.0625. The number of para-hydroxylation sites is 1. The summed E-state index contributed by atoms with van der Waals surface area (Å²) in [4.78, 5) is 16.1. The summed E-state index contributed by atoms with van der Waals surface area (Å²) in [5, 5.41) is 11.8. The highest BCUT2D eigenvalue weighted by atomic mass is 16.1. The number of nitrogens with zero attached hydrogens (tertiary/aromatic N) is 2. The van der Waals surface area contributed by atoms with Crippen LogP contribution in [0, 0.1) is 11.3 Å². The summed E-state index contributed by atoms with van der Waals surface area (Å²) in [7, 11) is 0. The van der Waals surface area contributed by atoms with Gasteiger partial charge in [0, 0.05) is 11.1 Å². The van der Waals surface area contributed by atoms with Crippen molar-refractivity contribution in [3.8, 4) is 6.07 Å². The normalized spacial score (nSPS) is 13.6. The molecule has 0 radical (unpaired) electrons. The van der Waals surface area contributed by atoms with E-state index in [1.807, 2.05) is 36.4 Å². The monoisotopic (exact) mass is 261 g/mol. The van der Waals surface area contributed by atoms with Crippen LogP contribution in [0.2, 0.25) is 0 Å². The molecule has 0 spiro atoms. The molecule has 1 heterocycles. The van der Waals surface area contributed by atoms with Crippen molar-refractivity contribution in [3.63, 3.8) is 0 Å². The molecule has 0 saturated carbocycles. The van der Waals surface area contributed by atoms with Crippen LogP contribution in [0.25, 0.3) is 0 Å². The minimum Gasteiger partial charge on any atom is -0.324 e. The first-order valence-corrected chi connectivity index (χ1v) is 6.22. The fourth-order valence-corrected chi connectivity index (χ4v) is 2.21. The van der Waals surface area contributed by atoms with E-state index in [4.69, 9.17) is 5.26 Å². The molecule has 0 aromatic heterocycles. The van der Waals surface area contributed by atoms with Gasteiger partial charge in [0.15, 0.2) is 0 Å². The first kappa shape index (κ1) is 12.1. The molecule has 0 fully saturated rings. The molecule has 1 aliphatic heterocycles. The lowest BCUT2D eigenvalue weighted by atomic mass is 9.99. The number of fused-ring (bicyclic) bond motifs is 1. The minimum atomic E-state index is -0.135. The molecule has 4 nitrogen and oxygen atoms in total. The number of carbonyl (C=O) groups excluding carboxylic acids is 1. The summed E-state index contributed by atoms with van der Waals surface area (Å²) in [5.74, 6) is -0.135. The molecule has 2 aromatic carbocycles. The van der Waals surface area contributed by atoms with Crippen molar-refractivity contribution in [2.24, 2.45) is 4.99 Å². The van der Waals surface area contributed by atoms with Crippen molar-refractivity contribution in [1.82, 2.24) is 0 Å². The van der Waals surface area contributed by atoms with E-state index in [1.165, 1.54) is 0 Å². The number of aliphatic imine (C=N–C) groups is 1. The summed E-state index contributed by atoms with van der Waals surface area (Å²) in [5.41, 5.74) is 3.76. The minimum absolute atomic E-state index is 0.0841. The lowest BCUT2D eigenvalue weighted by Gasteiger charge is -2.09. The Bertz CT molecular complexity index is 756. The predicted octanol–water partition coefficient (Wildman–Crippen LogP) is 2.35. The van der Waals surface area contributed by atoms with E-state index in [2.05, 4.69) is 16.4 Å². The van der Waals surface area contributed by atoms with Gasteiger partial charge in [0.1, 0.15) is 6.54 Å². The maximum atomic E-state index is 11.7. The number of hydrogen-bond donors (Lipinski definition) is 1. The van der Waals surface area contributed by atoms with Gasteiger partial charge in [0.05, 0.1) is 23.0 Å². The van der Waals surface area contributed by atoms with Gasteiger partial charge >= 0.3 is 0 Å². The zero-order chi connectivity index (χ0) is 13.9. The molecule has 0 aliphatic carbocycles. The van der Waals surface area contributed by atoms with Crippen LogP contribution in [0.5, 0.6) is 0 Å². The molecule has 96 valence electrons. The number of anilines is 1. The molecule has 1 N–H and O–H groups in total. The molecular weight excluding hydrogens is 250 g/mol. The number of benzene rings is 2. The van der Waals surface area contributed by atoms with Crippen molar-refractivity contribution < 1.29 is 4.79 Å². The van der Waals surface area contributed by atoms with Crippen molar-refractivity contribution >= 4 is 17.3 Å². The number of carbonyl (C=O) groups is 1. The quantitative estimate of drug-likeness (QED) is 0.856. The first-order chi connectivity index (χ1) is 9.78. The lowest BCUT2D eigenvalue weighted by molar-refractivity contribution is -0.114. The Balaban J connectivity index is 2.17. The third kappa shape index (κ3) is 2.17. The zero-order valence-electron chi connectivity index (χ0n) is 10.6. The highest BCUT2D eigenvalue weighted by Gasteiger charge is 2.17. The smallest absolute Gasteiger partial charge is 0.246 e. The molecule has 20 heavy (non-hydrogen) atoms. The van der Waals surface area contributed by atoms with Gasteiger partial charge in [0.2, 0.25) is 5.91 Å². The maximum Gasteiger partial charge on any atom is 0.246 e. The van der Waals surface area contributed by atoms with Crippen molar-refractivity contribution in [3.05, 3.63) is 65.2 Å². The highest BCUT2D eigenvalue weighted by molar-refractivity contribution is 6.19. The largest absolute Gasteiger partial charge is 0.324 e. The summed E-state index contributed by atoms with van der Waals surface area (Å²) in [6.45, 7) is 0.0841. The van der Waals surface area contributed by atoms with Crippen molar-refractivity contribution in [2.45, 2.75) is 0 Å². The Kier molecular flexibility index (Phi) is 3.02. The second-order valence-electron chi connectivity index (χ2n) is 4.45. The van der Waals surface area contributed by atoms with E-state index in [-0.39, 0.29) is 12.5 Å². The Morgan fingerprint density at radius 2 is 2.00 bits per heavy atom. The van der Waals surface area contributed by atoms with Crippen LogP contribution in [0.3, 0.4) is 0 Å².